The van der Waals surface area contributed by atoms with Crippen LogP contribution in [0.2, 0.25) is 10.0 Å². The summed E-state index contributed by atoms with van der Waals surface area (Å²) >= 11 is 11.6. The molecule has 0 heterocycles. The lowest BCUT2D eigenvalue weighted by atomic mass is 10.2. The van der Waals surface area contributed by atoms with Gasteiger partial charge in [0.1, 0.15) is 0 Å². The second kappa shape index (κ2) is 8.36. The van der Waals surface area contributed by atoms with E-state index in [-0.39, 0.29) is 17.2 Å². The summed E-state index contributed by atoms with van der Waals surface area (Å²) in [5.74, 6) is -1.68. The van der Waals surface area contributed by atoms with Crippen LogP contribution in [0.25, 0.3) is 0 Å². The SMILES string of the molecule is COc1cc(/C=N\NC(=O)C(=O)Nc2cc(Cl)cc(Cl)c2)ccc1O. The number of benzene rings is 2. The predicted octanol–water partition coefficient (Wildman–Crippen LogP) is 2.80. The molecule has 2 amide bonds. The molecule has 0 aliphatic heterocycles. The van der Waals surface area contributed by atoms with E-state index in [2.05, 4.69) is 15.8 Å². The first-order valence-corrected chi connectivity index (χ1v) is 7.62. The number of amides is 2. The van der Waals surface area contributed by atoms with Gasteiger partial charge in [-0.1, -0.05) is 23.2 Å². The predicted molar refractivity (Wildman–Crippen MR) is 95.5 cm³/mol. The van der Waals surface area contributed by atoms with Crippen molar-refractivity contribution in [3.63, 3.8) is 0 Å². The molecule has 9 heteroatoms. The number of anilines is 1. The minimum atomic E-state index is -0.974. The van der Waals surface area contributed by atoms with Crippen molar-refractivity contribution in [2.24, 2.45) is 5.10 Å². The van der Waals surface area contributed by atoms with E-state index in [9.17, 15) is 14.7 Å². The average molecular weight is 382 g/mol. The molecule has 0 radical (unpaired) electrons. The maximum atomic E-state index is 11.8. The molecule has 0 aliphatic rings. The zero-order valence-electron chi connectivity index (χ0n) is 12.9. The summed E-state index contributed by atoms with van der Waals surface area (Å²) in [7, 11) is 1.41. The number of carbonyl (C=O) groups is 2. The number of aromatic hydroxyl groups is 1. The van der Waals surface area contributed by atoms with Gasteiger partial charge in [0, 0.05) is 15.7 Å². The lowest BCUT2D eigenvalue weighted by Gasteiger charge is -2.05. The highest BCUT2D eigenvalue weighted by molar-refractivity contribution is 6.40. The number of phenolic OH excluding ortho intramolecular Hbond substituents is 1. The zero-order chi connectivity index (χ0) is 18.4. The summed E-state index contributed by atoms with van der Waals surface area (Å²) in [5, 5.41) is 16.2. The van der Waals surface area contributed by atoms with Gasteiger partial charge >= 0.3 is 11.8 Å². The molecule has 0 unspecified atom stereocenters. The van der Waals surface area contributed by atoms with Crippen LogP contribution >= 0.6 is 23.2 Å². The third-order valence-corrected chi connectivity index (χ3v) is 3.35. The van der Waals surface area contributed by atoms with Crippen molar-refractivity contribution in [3.05, 3.63) is 52.0 Å². The molecule has 2 rings (SSSR count). The molecule has 0 saturated heterocycles. The van der Waals surface area contributed by atoms with E-state index in [0.29, 0.717) is 15.6 Å². The van der Waals surface area contributed by atoms with Crippen LogP contribution < -0.4 is 15.5 Å². The molecule has 0 bridgehead atoms. The molecular weight excluding hydrogens is 369 g/mol. The van der Waals surface area contributed by atoms with Crippen molar-refractivity contribution in [1.82, 2.24) is 5.43 Å². The Balaban J connectivity index is 1.96. The van der Waals surface area contributed by atoms with Crippen LogP contribution in [-0.2, 0) is 9.59 Å². The van der Waals surface area contributed by atoms with Gasteiger partial charge < -0.3 is 15.2 Å². The van der Waals surface area contributed by atoms with Gasteiger partial charge in [-0.15, -0.1) is 0 Å². The number of phenols is 1. The van der Waals surface area contributed by atoms with E-state index in [1.807, 2.05) is 0 Å². The van der Waals surface area contributed by atoms with Crippen molar-refractivity contribution >= 4 is 46.9 Å². The Bertz CT molecular complexity index is 820. The van der Waals surface area contributed by atoms with Crippen molar-refractivity contribution in [2.45, 2.75) is 0 Å². The number of nitrogens with one attached hydrogen (secondary N) is 2. The highest BCUT2D eigenvalue weighted by atomic mass is 35.5. The smallest absolute Gasteiger partial charge is 0.329 e. The standard InChI is InChI=1S/C16H13Cl2N3O4/c1-25-14-4-9(2-3-13(14)22)8-19-21-16(24)15(23)20-12-6-10(17)5-11(18)7-12/h2-8,22H,1H3,(H,20,23)(H,21,24)/b19-8-. The fraction of sp³-hybridized carbons (Fsp3) is 0.0625. The molecule has 0 fully saturated rings. The van der Waals surface area contributed by atoms with Crippen LogP contribution in [0.15, 0.2) is 41.5 Å². The van der Waals surface area contributed by atoms with Crippen LogP contribution in [0, 0.1) is 0 Å². The highest BCUT2D eigenvalue weighted by Gasteiger charge is 2.13. The van der Waals surface area contributed by atoms with Gasteiger partial charge in [0.05, 0.1) is 13.3 Å². The second-order valence-electron chi connectivity index (χ2n) is 4.74. The highest BCUT2D eigenvalue weighted by Crippen LogP contribution is 2.25. The number of hydrogen-bond acceptors (Lipinski definition) is 5. The summed E-state index contributed by atoms with van der Waals surface area (Å²) in [6, 6.07) is 8.88. The molecular formula is C16H13Cl2N3O4. The molecule has 2 aromatic carbocycles. The van der Waals surface area contributed by atoms with Crippen molar-refractivity contribution in [3.8, 4) is 11.5 Å². The van der Waals surface area contributed by atoms with E-state index in [4.69, 9.17) is 27.9 Å². The monoisotopic (exact) mass is 381 g/mol. The van der Waals surface area contributed by atoms with Crippen LogP contribution in [0.4, 0.5) is 5.69 Å². The van der Waals surface area contributed by atoms with E-state index in [1.54, 1.807) is 6.07 Å². The normalized spacial score (nSPS) is 10.5. The third-order valence-electron chi connectivity index (χ3n) is 2.91. The molecule has 130 valence electrons. The summed E-state index contributed by atoms with van der Waals surface area (Å²) in [4.78, 5) is 23.5. The number of rotatable bonds is 4. The summed E-state index contributed by atoms with van der Waals surface area (Å²) < 4.78 is 4.95. The van der Waals surface area contributed by atoms with Crippen LogP contribution in [0.3, 0.4) is 0 Å². The maximum absolute atomic E-state index is 11.8. The molecule has 25 heavy (non-hydrogen) atoms. The number of nitrogens with zero attached hydrogens (tertiary/aromatic N) is 1. The maximum Gasteiger partial charge on any atom is 0.329 e. The number of hydrazone groups is 1. The average Bonchev–Trinajstić information content (AvgIpc) is 2.55. The van der Waals surface area contributed by atoms with Gasteiger partial charge in [-0.25, -0.2) is 5.43 Å². The fourth-order valence-electron chi connectivity index (χ4n) is 1.80. The van der Waals surface area contributed by atoms with Crippen LogP contribution in [0.1, 0.15) is 5.56 Å². The molecule has 0 atom stereocenters. The first-order chi connectivity index (χ1) is 11.9. The van der Waals surface area contributed by atoms with Gasteiger partial charge in [0.15, 0.2) is 11.5 Å². The summed E-state index contributed by atoms with van der Waals surface area (Å²) in [6.07, 6.45) is 1.30. The Morgan fingerprint density at radius 1 is 1.12 bits per heavy atom. The minimum Gasteiger partial charge on any atom is -0.504 e. The van der Waals surface area contributed by atoms with Crippen molar-refractivity contribution in [2.75, 3.05) is 12.4 Å². The Labute approximate surface area is 153 Å². The van der Waals surface area contributed by atoms with Crippen LogP contribution in [-0.4, -0.2) is 30.2 Å². The number of halogens is 2. The van der Waals surface area contributed by atoms with Crippen molar-refractivity contribution < 1.29 is 19.4 Å². The van der Waals surface area contributed by atoms with Crippen LogP contribution in [0.5, 0.6) is 11.5 Å². The molecule has 3 N–H and O–H groups in total. The largest absolute Gasteiger partial charge is 0.504 e. The molecule has 7 nitrogen and oxygen atoms in total. The first kappa shape index (κ1) is 18.6. The lowest BCUT2D eigenvalue weighted by molar-refractivity contribution is -0.136. The van der Waals surface area contributed by atoms with E-state index in [0.717, 1.165) is 0 Å². The third kappa shape index (κ3) is 5.37. The number of ether oxygens (including phenoxy) is 1. The number of hydrogen-bond donors (Lipinski definition) is 3. The summed E-state index contributed by atoms with van der Waals surface area (Å²) in [6.45, 7) is 0. The molecule has 0 aliphatic carbocycles. The molecule has 0 saturated carbocycles. The molecule has 0 aromatic heterocycles. The fourth-order valence-corrected chi connectivity index (χ4v) is 2.33. The number of carbonyl (C=O) groups excluding carboxylic acids is 2. The van der Waals surface area contributed by atoms with Gasteiger partial charge in [0.2, 0.25) is 0 Å². The Morgan fingerprint density at radius 2 is 1.80 bits per heavy atom. The Hall–Kier alpha value is -2.77. The topological polar surface area (TPSA) is 100 Å². The molecule has 0 spiro atoms. The van der Waals surface area contributed by atoms with E-state index >= 15 is 0 Å². The van der Waals surface area contributed by atoms with Crippen molar-refractivity contribution in [1.29, 1.82) is 0 Å². The zero-order valence-corrected chi connectivity index (χ0v) is 14.4. The minimum absolute atomic E-state index is 0.0248. The summed E-state index contributed by atoms with van der Waals surface area (Å²) in [5.41, 5.74) is 2.92. The second-order valence-corrected chi connectivity index (χ2v) is 5.62. The van der Waals surface area contributed by atoms with Gasteiger partial charge in [-0.3, -0.25) is 9.59 Å². The van der Waals surface area contributed by atoms with Gasteiger partial charge in [0.25, 0.3) is 0 Å². The first-order valence-electron chi connectivity index (χ1n) is 6.86. The lowest BCUT2D eigenvalue weighted by Crippen LogP contribution is -2.32. The Morgan fingerprint density at radius 3 is 2.44 bits per heavy atom. The number of methoxy groups -OCH3 is 1. The van der Waals surface area contributed by atoms with E-state index in [1.165, 1.54) is 43.7 Å². The van der Waals surface area contributed by atoms with Gasteiger partial charge in [-0.05, 0) is 42.0 Å². The Kier molecular flexibility index (Phi) is 6.21. The van der Waals surface area contributed by atoms with E-state index < -0.39 is 11.8 Å². The quantitative estimate of drug-likeness (QED) is 0.430. The van der Waals surface area contributed by atoms with Gasteiger partial charge in [-0.2, -0.15) is 5.10 Å². The molecule has 2 aromatic rings.